The molecule has 2 heterocycles. The number of halogens is 1. The zero-order valence-corrected chi connectivity index (χ0v) is 13.9. The van der Waals surface area contributed by atoms with Gasteiger partial charge >= 0.3 is 0 Å². The molecule has 1 saturated heterocycles. The second-order valence-electron chi connectivity index (χ2n) is 4.48. The number of nitrogens with zero attached hydrogens (tertiary/aromatic N) is 3. The first-order valence-corrected chi connectivity index (χ1v) is 7.83. The van der Waals surface area contributed by atoms with Crippen molar-refractivity contribution in [1.29, 1.82) is 0 Å². The summed E-state index contributed by atoms with van der Waals surface area (Å²) in [6.07, 6.45) is -0.365. The van der Waals surface area contributed by atoms with Crippen LogP contribution in [-0.4, -0.2) is 58.8 Å². The molecule has 2 rings (SSSR count). The van der Waals surface area contributed by atoms with Crippen LogP contribution in [0.3, 0.4) is 0 Å². The highest BCUT2D eigenvalue weighted by Crippen LogP contribution is 2.15. The maximum atomic E-state index is 11.8. The Kier molecular flexibility index (Phi) is 8.02. The van der Waals surface area contributed by atoms with Crippen molar-refractivity contribution in [2.45, 2.75) is 31.7 Å². The predicted molar refractivity (Wildman–Crippen MR) is 84.0 cm³/mol. The molecule has 1 unspecified atom stereocenters. The predicted octanol–water partition coefficient (Wildman–Crippen LogP) is 0.225. The smallest absolute Gasteiger partial charge is 0.250 e. The molecule has 1 atom stereocenters. The largest absolute Gasteiger partial charge is 0.366 e. The van der Waals surface area contributed by atoms with E-state index in [1.54, 1.807) is 11.8 Å². The average Bonchev–Trinajstić information content (AvgIpc) is 2.84. The monoisotopic (exact) mass is 335 g/mol. The van der Waals surface area contributed by atoms with Crippen molar-refractivity contribution in [1.82, 2.24) is 25.4 Å². The second-order valence-corrected chi connectivity index (χ2v) is 5.54. The summed E-state index contributed by atoms with van der Waals surface area (Å²) in [6, 6.07) is 0. The van der Waals surface area contributed by atoms with Gasteiger partial charge in [0.2, 0.25) is 5.91 Å². The summed E-state index contributed by atoms with van der Waals surface area (Å²) in [5, 5.41) is 15.1. The lowest BCUT2D eigenvalue weighted by Crippen LogP contribution is -2.48. The van der Waals surface area contributed by atoms with E-state index in [9.17, 15) is 4.79 Å². The van der Waals surface area contributed by atoms with Crippen molar-refractivity contribution in [3.05, 3.63) is 5.82 Å². The Balaban J connectivity index is 0.00000220. The molecule has 1 aromatic rings. The second kappa shape index (κ2) is 9.24. The van der Waals surface area contributed by atoms with Gasteiger partial charge in [-0.25, -0.2) is 0 Å². The van der Waals surface area contributed by atoms with Crippen LogP contribution in [0.4, 0.5) is 0 Å². The first kappa shape index (κ1) is 18.2. The highest BCUT2D eigenvalue weighted by molar-refractivity contribution is 7.99. The zero-order chi connectivity index (χ0) is 14.4. The van der Waals surface area contributed by atoms with Gasteiger partial charge < -0.3 is 19.9 Å². The van der Waals surface area contributed by atoms with E-state index >= 15 is 0 Å². The molecule has 120 valence electrons. The number of aryl methyl sites for hydroxylation is 1. The van der Waals surface area contributed by atoms with Gasteiger partial charge in [-0.15, -0.1) is 22.6 Å². The van der Waals surface area contributed by atoms with Crippen LogP contribution in [0.1, 0.15) is 12.7 Å². The van der Waals surface area contributed by atoms with Crippen LogP contribution in [0.2, 0.25) is 0 Å². The molecule has 0 saturated carbocycles. The number of ether oxygens (including phenoxy) is 1. The van der Waals surface area contributed by atoms with E-state index in [-0.39, 0.29) is 24.4 Å². The number of hydrogen-bond acceptors (Lipinski definition) is 6. The molecule has 0 spiro atoms. The number of amides is 1. The van der Waals surface area contributed by atoms with E-state index in [1.807, 2.05) is 6.92 Å². The minimum atomic E-state index is -0.365. The van der Waals surface area contributed by atoms with E-state index in [0.717, 1.165) is 29.8 Å². The molecule has 21 heavy (non-hydrogen) atoms. The molecule has 0 aromatic carbocycles. The summed E-state index contributed by atoms with van der Waals surface area (Å²) in [5.74, 6) is 1.64. The Morgan fingerprint density at radius 3 is 3.05 bits per heavy atom. The van der Waals surface area contributed by atoms with Crippen LogP contribution in [0, 0.1) is 6.92 Å². The van der Waals surface area contributed by atoms with Crippen LogP contribution in [0.25, 0.3) is 0 Å². The molecule has 7 nitrogen and oxygen atoms in total. The average molecular weight is 336 g/mol. The standard InChI is InChI=1S/C12H21N5O2S.ClH/c1-3-17-9(2)15-16-12(17)20-7-5-14-11(18)10-8-13-4-6-19-10;/h10,13H,3-8H2,1-2H3,(H,14,18);1H. The Morgan fingerprint density at radius 2 is 2.38 bits per heavy atom. The van der Waals surface area contributed by atoms with Gasteiger partial charge in [-0.2, -0.15) is 0 Å². The molecular weight excluding hydrogens is 314 g/mol. The summed E-state index contributed by atoms with van der Waals surface area (Å²) in [6.45, 7) is 7.44. The van der Waals surface area contributed by atoms with Crippen molar-refractivity contribution in [2.24, 2.45) is 0 Å². The lowest BCUT2D eigenvalue weighted by molar-refractivity contribution is -0.134. The molecule has 1 fully saturated rings. The van der Waals surface area contributed by atoms with Crippen LogP contribution in [0.5, 0.6) is 0 Å². The van der Waals surface area contributed by atoms with E-state index in [4.69, 9.17) is 4.74 Å². The normalized spacial score (nSPS) is 18.1. The third-order valence-corrected chi connectivity index (χ3v) is 4.04. The summed E-state index contributed by atoms with van der Waals surface area (Å²) < 4.78 is 7.44. The Labute approximate surface area is 135 Å². The fraction of sp³-hybridized carbons (Fsp3) is 0.750. The van der Waals surface area contributed by atoms with Gasteiger partial charge in [0, 0.05) is 31.9 Å². The summed E-state index contributed by atoms with van der Waals surface area (Å²) in [4.78, 5) is 11.8. The lowest BCUT2D eigenvalue weighted by atomic mass is 10.3. The maximum Gasteiger partial charge on any atom is 0.250 e. The number of aromatic nitrogens is 3. The molecule has 0 aliphatic carbocycles. The van der Waals surface area contributed by atoms with Crippen molar-refractivity contribution in [3.63, 3.8) is 0 Å². The Hall–Kier alpha value is -0.830. The van der Waals surface area contributed by atoms with Crippen molar-refractivity contribution in [2.75, 3.05) is 32.0 Å². The van der Waals surface area contributed by atoms with Gasteiger partial charge in [0.1, 0.15) is 11.9 Å². The van der Waals surface area contributed by atoms with Gasteiger partial charge in [0.15, 0.2) is 5.16 Å². The topological polar surface area (TPSA) is 81.1 Å². The lowest BCUT2D eigenvalue weighted by Gasteiger charge is -2.22. The van der Waals surface area contributed by atoms with Gasteiger partial charge in [0.05, 0.1) is 6.61 Å². The van der Waals surface area contributed by atoms with Crippen molar-refractivity contribution >= 4 is 30.1 Å². The number of carbonyl (C=O) groups excluding carboxylic acids is 1. The molecule has 1 aliphatic heterocycles. The van der Waals surface area contributed by atoms with Gasteiger partial charge in [-0.05, 0) is 13.8 Å². The molecule has 1 amide bonds. The molecule has 1 aliphatic rings. The SMILES string of the molecule is CCn1c(C)nnc1SCCNC(=O)C1CNCCO1.Cl. The first-order chi connectivity index (χ1) is 9.72. The highest BCUT2D eigenvalue weighted by atomic mass is 35.5. The van der Waals surface area contributed by atoms with Crippen LogP contribution < -0.4 is 10.6 Å². The summed E-state index contributed by atoms with van der Waals surface area (Å²) in [7, 11) is 0. The Bertz CT molecular complexity index is 451. The molecule has 2 N–H and O–H groups in total. The van der Waals surface area contributed by atoms with Crippen LogP contribution in [0.15, 0.2) is 5.16 Å². The van der Waals surface area contributed by atoms with E-state index in [2.05, 4.69) is 32.3 Å². The number of rotatable bonds is 6. The molecule has 0 bridgehead atoms. The zero-order valence-electron chi connectivity index (χ0n) is 12.3. The van der Waals surface area contributed by atoms with E-state index in [1.165, 1.54) is 0 Å². The molecular formula is C12H22ClN5O2S. The minimum absolute atomic E-state index is 0. The molecule has 9 heteroatoms. The van der Waals surface area contributed by atoms with Crippen LogP contribution >= 0.6 is 24.2 Å². The fourth-order valence-corrected chi connectivity index (χ4v) is 2.90. The third-order valence-electron chi connectivity index (χ3n) is 3.07. The number of nitrogens with one attached hydrogen (secondary N) is 2. The van der Waals surface area contributed by atoms with Gasteiger partial charge in [0.25, 0.3) is 0 Å². The van der Waals surface area contributed by atoms with Crippen molar-refractivity contribution < 1.29 is 9.53 Å². The number of carbonyl (C=O) groups is 1. The van der Waals surface area contributed by atoms with Gasteiger partial charge in [-0.1, -0.05) is 11.8 Å². The minimum Gasteiger partial charge on any atom is -0.366 e. The van der Waals surface area contributed by atoms with Crippen molar-refractivity contribution in [3.8, 4) is 0 Å². The maximum absolute atomic E-state index is 11.8. The Morgan fingerprint density at radius 1 is 1.57 bits per heavy atom. The quantitative estimate of drug-likeness (QED) is 0.572. The first-order valence-electron chi connectivity index (χ1n) is 6.85. The van der Waals surface area contributed by atoms with Crippen LogP contribution in [-0.2, 0) is 16.1 Å². The summed E-state index contributed by atoms with van der Waals surface area (Å²) in [5.41, 5.74) is 0. The summed E-state index contributed by atoms with van der Waals surface area (Å²) >= 11 is 1.60. The molecule has 0 radical (unpaired) electrons. The number of hydrogen-bond donors (Lipinski definition) is 2. The third kappa shape index (κ3) is 5.14. The van der Waals surface area contributed by atoms with E-state index < -0.39 is 0 Å². The van der Waals surface area contributed by atoms with Gasteiger partial charge in [-0.3, -0.25) is 4.79 Å². The van der Waals surface area contributed by atoms with E-state index in [0.29, 0.717) is 19.7 Å². The molecule has 1 aromatic heterocycles. The number of morpholine rings is 1. The highest BCUT2D eigenvalue weighted by Gasteiger charge is 2.21. The number of thioether (sulfide) groups is 1. The fourth-order valence-electron chi connectivity index (χ4n) is 2.00.